The van der Waals surface area contributed by atoms with Gasteiger partial charge in [-0.3, -0.25) is 14.9 Å². The van der Waals surface area contributed by atoms with E-state index < -0.39 is 0 Å². The maximum absolute atomic E-state index is 12.0. The van der Waals surface area contributed by atoms with Gasteiger partial charge in [0.05, 0.1) is 6.20 Å². The second kappa shape index (κ2) is 6.78. The van der Waals surface area contributed by atoms with E-state index >= 15 is 0 Å². The summed E-state index contributed by atoms with van der Waals surface area (Å²) in [7, 11) is 1.76. The summed E-state index contributed by atoms with van der Waals surface area (Å²) in [5, 5.41) is 13.2. The highest BCUT2D eigenvalue weighted by atomic mass is 16.2. The van der Waals surface area contributed by atoms with Crippen LogP contribution in [0.5, 0.6) is 0 Å². The number of carbonyl (C=O) groups is 1. The second-order valence-corrected chi connectivity index (χ2v) is 6.03. The molecule has 2 amide bonds. The van der Waals surface area contributed by atoms with Gasteiger partial charge in [-0.2, -0.15) is 0 Å². The molecular formula is C16H22N6O. The number of rotatable bonds is 4. The first-order chi connectivity index (χ1) is 11.1. The Kier molecular flexibility index (Phi) is 4.57. The Labute approximate surface area is 135 Å². The van der Waals surface area contributed by atoms with Crippen LogP contribution < -0.4 is 10.6 Å². The number of fused-ring (bicyclic) bond motifs is 1. The number of amides is 2. The van der Waals surface area contributed by atoms with Crippen molar-refractivity contribution in [3.63, 3.8) is 0 Å². The molecule has 0 unspecified atom stereocenters. The van der Waals surface area contributed by atoms with Gasteiger partial charge in [-0.15, -0.1) is 5.10 Å². The number of benzene rings is 1. The van der Waals surface area contributed by atoms with E-state index in [1.54, 1.807) is 17.9 Å². The standard InChI is InChI=1S/C16H22N6O/c1-12(17-16(23)18-15-11-21(2)20-19-15)9-22-8-7-13-5-3-4-6-14(13)10-22/h3-6,11-12H,7-10H2,1-2H3,(H2,17,18,23)/t12-/m0/s1. The normalized spacial score (nSPS) is 15.7. The summed E-state index contributed by atoms with van der Waals surface area (Å²) < 4.78 is 1.55. The number of carbonyl (C=O) groups excluding carboxylic acids is 1. The zero-order valence-electron chi connectivity index (χ0n) is 13.5. The molecular weight excluding hydrogens is 292 g/mol. The topological polar surface area (TPSA) is 75.1 Å². The van der Waals surface area contributed by atoms with Gasteiger partial charge in [0, 0.05) is 32.7 Å². The second-order valence-electron chi connectivity index (χ2n) is 6.03. The van der Waals surface area contributed by atoms with Crippen molar-refractivity contribution in [1.82, 2.24) is 25.2 Å². The predicted molar refractivity (Wildman–Crippen MR) is 88.0 cm³/mol. The minimum atomic E-state index is -0.254. The highest BCUT2D eigenvalue weighted by Crippen LogP contribution is 2.18. The summed E-state index contributed by atoms with van der Waals surface area (Å²) in [6, 6.07) is 8.35. The molecule has 23 heavy (non-hydrogen) atoms. The molecule has 2 N–H and O–H groups in total. The Bertz CT molecular complexity index is 683. The fourth-order valence-corrected chi connectivity index (χ4v) is 2.92. The summed E-state index contributed by atoms with van der Waals surface area (Å²) in [5.41, 5.74) is 2.82. The van der Waals surface area contributed by atoms with Crippen LogP contribution in [0.15, 0.2) is 30.5 Å². The maximum atomic E-state index is 12.0. The minimum Gasteiger partial charge on any atom is -0.334 e. The van der Waals surface area contributed by atoms with Gasteiger partial charge in [-0.05, 0) is 24.5 Å². The Morgan fingerprint density at radius 1 is 1.35 bits per heavy atom. The van der Waals surface area contributed by atoms with Gasteiger partial charge in [0.2, 0.25) is 0 Å². The third kappa shape index (κ3) is 4.07. The van der Waals surface area contributed by atoms with E-state index in [9.17, 15) is 4.79 Å². The van der Waals surface area contributed by atoms with Crippen LogP contribution in [0.25, 0.3) is 0 Å². The number of nitrogens with one attached hydrogen (secondary N) is 2. The lowest BCUT2D eigenvalue weighted by Gasteiger charge is -2.31. The van der Waals surface area contributed by atoms with Gasteiger partial charge in [0.15, 0.2) is 5.82 Å². The summed E-state index contributed by atoms with van der Waals surface area (Å²) in [6.45, 7) is 4.79. The van der Waals surface area contributed by atoms with Crippen molar-refractivity contribution in [2.75, 3.05) is 18.4 Å². The van der Waals surface area contributed by atoms with Crippen LogP contribution in [0.2, 0.25) is 0 Å². The first kappa shape index (κ1) is 15.5. The fraction of sp³-hybridized carbons (Fsp3) is 0.438. The molecule has 2 aromatic rings. The lowest BCUT2D eigenvalue weighted by Crippen LogP contribution is -2.45. The average molecular weight is 314 g/mol. The molecule has 0 saturated carbocycles. The predicted octanol–water partition coefficient (Wildman–Crippen LogP) is 1.38. The Morgan fingerprint density at radius 3 is 2.87 bits per heavy atom. The van der Waals surface area contributed by atoms with Crippen LogP contribution in [0.1, 0.15) is 18.1 Å². The third-order valence-electron chi connectivity index (χ3n) is 3.96. The number of aryl methyl sites for hydroxylation is 1. The first-order valence-corrected chi connectivity index (χ1v) is 7.83. The van der Waals surface area contributed by atoms with Crippen molar-refractivity contribution in [2.45, 2.75) is 25.9 Å². The van der Waals surface area contributed by atoms with Crippen molar-refractivity contribution in [3.8, 4) is 0 Å². The molecule has 1 aromatic carbocycles. The smallest absolute Gasteiger partial charge is 0.320 e. The number of aromatic nitrogens is 3. The number of nitrogens with zero attached hydrogens (tertiary/aromatic N) is 4. The summed E-state index contributed by atoms with van der Waals surface area (Å²) in [6.07, 6.45) is 2.72. The molecule has 122 valence electrons. The molecule has 1 aliphatic rings. The molecule has 7 nitrogen and oxygen atoms in total. The van der Waals surface area contributed by atoms with Crippen molar-refractivity contribution in [2.24, 2.45) is 7.05 Å². The number of anilines is 1. The summed E-state index contributed by atoms with van der Waals surface area (Å²) in [4.78, 5) is 14.3. The fourth-order valence-electron chi connectivity index (χ4n) is 2.92. The maximum Gasteiger partial charge on any atom is 0.320 e. The lowest BCUT2D eigenvalue weighted by atomic mass is 10.00. The van der Waals surface area contributed by atoms with Crippen LogP contribution in [-0.4, -0.2) is 45.1 Å². The first-order valence-electron chi connectivity index (χ1n) is 7.83. The van der Waals surface area contributed by atoms with Crippen LogP contribution >= 0.6 is 0 Å². The van der Waals surface area contributed by atoms with E-state index in [4.69, 9.17) is 0 Å². The zero-order chi connectivity index (χ0) is 16.2. The highest BCUT2D eigenvalue weighted by molar-refractivity contribution is 5.88. The monoisotopic (exact) mass is 314 g/mol. The zero-order valence-corrected chi connectivity index (χ0v) is 13.5. The van der Waals surface area contributed by atoms with Crippen LogP contribution in [0, 0.1) is 0 Å². The van der Waals surface area contributed by atoms with Crippen molar-refractivity contribution in [1.29, 1.82) is 0 Å². The van der Waals surface area contributed by atoms with E-state index in [1.165, 1.54) is 11.1 Å². The van der Waals surface area contributed by atoms with Gasteiger partial charge in [0.1, 0.15) is 0 Å². The summed E-state index contributed by atoms with van der Waals surface area (Å²) >= 11 is 0. The van der Waals surface area contributed by atoms with E-state index in [0.717, 1.165) is 26.1 Å². The minimum absolute atomic E-state index is 0.0527. The van der Waals surface area contributed by atoms with Crippen LogP contribution in [0.3, 0.4) is 0 Å². The van der Waals surface area contributed by atoms with Crippen molar-refractivity contribution >= 4 is 11.8 Å². The highest BCUT2D eigenvalue weighted by Gasteiger charge is 2.18. The summed E-state index contributed by atoms with van der Waals surface area (Å²) in [5.74, 6) is 0.448. The van der Waals surface area contributed by atoms with Gasteiger partial charge in [-0.25, -0.2) is 4.79 Å². The van der Waals surface area contributed by atoms with Crippen LogP contribution in [-0.2, 0) is 20.0 Å². The number of urea groups is 1. The molecule has 1 aromatic heterocycles. The molecule has 1 atom stereocenters. The lowest BCUT2D eigenvalue weighted by molar-refractivity contribution is 0.221. The average Bonchev–Trinajstić information content (AvgIpc) is 2.91. The molecule has 0 spiro atoms. The molecule has 0 radical (unpaired) electrons. The Hall–Kier alpha value is -2.41. The van der Waals surface area contributed by atoms with Crippen molar-refractivity contribution in [3.05, 3.63) is 41.6 Å². The molecule has 1 aliphatic heterocycles. The molecule has 0 bridgehead atoms. The largest absolute Gasteiger partial charge is 0.334 e. The molecule has 2 heterocycles. The van der Waals surface area contributed by atoms with Gasteiger partial charge >= 0.3 is 6.03 Å². The SMILES string of the molecule is C[C@@H](CN1CCc2ccccc2C1)NC(=O)Nc1cn(C)nn1. The molecule has 0 fully saturated rings. The Morgan fingerprint density at radius 2 is 2.13 bits per heavy atom. The number of hydrogen-bond donors (Lipinski definition) is 2. The van der Waals surface area contributed by atoms with E-state index in [-0.39, 0.29) is 12.1 Å². The molecule has 7 heteroatoms. The van der Waals surface area contributed by atoms with E-state index in [0.29, 0.717) is 5.82 Å². The quantitative estimate of drug-likeness (QED) is 0.894. The molecule has 3 rings (SSSR count). The van der Waals surface area contributed by atoms with E-state index in [2.05, 4.69) is 50.1 Å². The van der Waals surface area contributed by atoms with E-state index in [1.807, 2.05) is 6.92 Å². The van der Waals surface area contributed by atoms with Gasteiger partial charge in [0.25, 0.3) is 0 Å². The Balaban J connectivity index is 1.48. The molecule has 0 aliphatic carbocycles. The van der Waals surface area contributed by atoms with Crippen LogP contribution in [0.4, 0.5) is 10.6 Å². The van der Waals surface area contributed by atoms with Gasteiger partial charge < -0.3 is 5.32 Å². The number of hydrogen-bond acceptors (Lipinski definition) is 4. The third-order valence-corrected chi connectivity index (χ3v) is 3.96. The van der Waals surface area contributed by atoms with Crippen molar-refractivity contribution < 1.29 is 4.79 Å². The van der Waals surface area contributed by atoms with Gasteiger partial charge in [-0.1, -0.05) is 29.5 Å². The molecule has 0 saturated heterocycles.